The second-order valence-electron chi connectivity index (χ2n) is 5.72. The van der Waals surface area contributed by atoms with Crippen molar-refractivity contribution in [2.75, 3.05) is 0 Å². The van der Waals surface area contributed by atoms with Crippen molar-refractivity contribution in [3.63, 3.8) is 0 Å². The summed E-state index contributed by atoms with van der Waals surface area (Å²) in [4.78, 5) is 24.2. The van der Waals surface area contributed by atoms with Gasteiger partial charge in [0.25, 0.3) is 0 Å². The number of hydrogen-bond acceptors (Lipinski definition) is 4. The van der Waals surface area contributed by atoms with Crippen molar-refractivity contribution in [3.8, 4) is 22.5 Å². The molecule has 0 radical (unpaired) electrons. The molecule has 0 fully saturated rings. The summed E-state index contributed by atoms with van der Waals surface area (Å²) < 4.78 is 1.86. The van der Waals surface area contributed by atoms with Crippen molar-refractivity contribution in [1.29, 1.82) is 0 Å². The van der Waals surface area contributed by atoms with Crippen LogP contribution in [0.25, 0.3) is 22.5 Å². The highest BCUT2D eigenvalue weighted by molar-refractivity contribution is 5.78. The van der Waals surface area contributed by atoms with Crippen LogP contribution in [0.3, 0.4) is 0 Å². The molecule has 0 aliphatic heterocycles. The topological polar surface area (TPSA) is 80.9 Å². The van der Waals surface area contributed by atoms with Crippen LogP contribution in [0.1, 0.15) is 12.7 Å². The number of nitrogens with zero attached hydrogens (tertiary/aromatic N) is 4. The van der Waals surface area contributed by atoms with Crippen LogP contribution >= 0.6 is 0 Å². The Balaban J connectivity index is 2.12. The van der Waals surface area contributed by atoms with Crippen molar-refractivity contribution < 1.29 is 9.90 Å². The molecule has 1 N–H and O–H groups in total. The minimum atomic E-state index is -0.837. The molecular formula is C18H18N4O2. The first kappa shape index (κ1) is 15.9. The zero-order valence-electron chi connectivity index (χ0n) is 13.5. The van der Waals surface area contributed by atoms with E-state index in [2.05, 4.69) is 15.0 Å². The number of hydrogen-bond donors (Lipinski definition) is 1. The monoisotopic (exact) mass is 322 g/mol. The van der Waals surface area contributed by atoms with Gasteiger partial charge in [0.05, 0.1) is 23.6 Å². The van der Waals surface area contributed by atoms with Crippen LogP contribution in [0.15, 0.2) is 49.1 Å². The third kappa shape index (κ3) is 3.17. The number of carboxylic acids is 1. The quantitative estimate of drug-likeness (QED) is 0.781. The molecule has 0 saturated heterocycles. The molecule has 3 aromatic rings. The Bertz CT molecular complexity index is 841. The summed E-state index contributed by atoms with van der Waals surface area (Å²) in [5.74, 6) is -0.672. The number of benzene rings is 1. The average molecular weight is 322 g/mol. The molecule has 0 unspecified atom stereocenters. The summed E-state index contributed by atoms with van der Waals surface area (Å²) in [6.45, 7) is 3.84. The highest BCUT2D eigenvalue weighted by atomic mass is 16.4. The summed E-state index contributed by atoms with van der Waals surface area (Å²) in [5, 5.41) is 9.21. The van der Waals surface area contributed by atoms with Gasteiger partial charge in [0.1, 0.15) is 5.82 Å². The molecule has 6 nitrogen and oxygen atoms in total. The molecule has 1 atom stereocenters. The van der Waals surface area contributed by atoms with Gasteiger partial charge in [-0.3, -0.25) is 4.79 Å². The number of carbonyl (C=O) groups is 1. The number of imidazole rings is 1. The number of aliphatic carboxylic acids is 1. The van der Waals surface area contributed by atoms with E-state index in [-0.39, 0.29) is 0 Å². The van der Waals surface area contributed by atoms with E-state index in [9.17, 15) is 9.90 Å². The van der Waals surface area contributed by atoms with Crippen molar-refractivity contribution in [1.82, 2.24) is 19.5 Å². The summed E-state index contributed by atoms with van der Waals surface area (Å²) in [5.41, 5.74) is 3.40. The Morgan fingerprint density at radius 3 is 2.42 bits per heavy atom. The van der Waals surface area contributed by atoms with Crippen LogP contribution in [-0.2, 0) is 11.3 Å². The highest BCUT2D eigenvalue weighted by Crippen LogP contribution is 2.31. The van der Waals surface area contributed by atoms with Crippen LogP contribution in [-0.4, -0.2) is 30.6 Å². The lowest BCUT2D eigenvalue weighted by Crippen LogP contribution is -2.17. The normalized spacial score (nSPS) is 12.1. The Morgan fingerprint density at radius 2 is 1.79 bits per heavy atom. The summed E-state index contributed by atoms with van der Waals surface area (Å²) in [6, 6.07) is 9.80. The summed E-state index contributed by atoms with van der Waals surface area (Å²) in [6.07, 6.45) is 5.17. The van der Waals surface area contributed by atoms with Gasteiger partial charge in [-0.05, 0) is 6.92 Å². The van der Waals surface area contributed by atoms with Crippen LogP contribution in [0.5, 0.6) is 0 Å². The molecule has 3 rings (SSSR count). The summed E-state index contributed by atoms with van der Waals surface area (Å²) >= 11 is 0. The maximum Gasteiger partial charge on any atom is 0.308 e. The van der Waals surface area contributed by atoms with Gasteiger partial charge in [-0.1, -0.05) is 37.3 Å². The molecule has 0 bridgehead atoms. The molecule has 2 aromatic heterocycles. The fraction of sp³-hybridized carbons (Fsp3) is 0.222. The van der Waals surface area contributed by atoms with Gasteiger partial charge >= 0.3 is 5.97 Å². The van der Waals surface area contributed by atoms with Gasteiger partial charge in [0.2, 0.25) is 0 Å². The van der Waals surface area contributed by atoms with Crippen molar-refractivity contribution in [3.05, 3.63) is 54.9 Å². The van der Waals surface area contributed by atoms with Crippen molar-refractivity contribution >= 4 is 5.97 Å². The maximum absolute atomic E-state index is 11.2. The fourth-order valence-electron chi connectivity index (χ4n) is 2.52. The van der Waals surface area contributed by atoms with Crippen molar-refractivity contribution in [2.45, 2.75) is 20.4 Å². The molecular weight excluding hydrogens is 304 g/mol. The van der Waals surface area contributed by atoms with Crippen LogP contribution in [0.4, 0.5) is 0 Å². The third-order valence-corrected chi connectivity index (χ3v) is 3.83. The van der Waals surface area contributed by atoms with E-state index in [4.69, 9.17) is 0 Å². The molecule has 2 heterocycles. The second-order valence-corrected chi connectivity index (χ2v) is 5.72. The molecule has 24 heavy (non-hydrogen) atoms. The van der Waals surface area contributed by atoms with Gasteiger partial charge in [0.15, 0.2) is 0 Å². The Morgan fingerprint density at radius 1 is 1.12 bits per heavy atom. The van der Waals surface area contributed by atoms with E-state index in [0.29, 0.717) is 12.4 Å². The lowest BCUT2D eigenvalue weighted by molar-refractivity contribution is -0.141. The Kier molecular flexibility index (Phi) is 4.37. The van der Waals surface area contributed by atoms with E-state index >= 15 is 0 Å². The zero-order chi connectivity index (χ0) is 17.1. The van der Waals surface area contributed by atoms with Gasteiger partial charge in [-0.2, -0.15) is 0 Å². The standard InChI is InChI=1S/C18H18N4O2/c1-12(18(23)24)10-22-11-21-16(14-6-4-3-5-7-14)17(22)15-8-19-13(2)20-9-15/h3-9,11-12H,10H2,1-2H3,(H,23,24)/t12-/m0/s1. The van der Waals surface area contributed by atoms with Crippen LogP contribution in [0.2, 0.25) is 0 Å². The summed E-state index contributed by atoms with van der Waals surface area (Å²) in [7, 11) is 0. The van der Waals surface area contributed by atoms with E-state index in [0.717, 1.165) is 22.5 Å². The van der Waals surface area contributed by atoms with E-state index in [1.807, 2.05) is 41.8 Å². The van der Waals surface area contributed by atoms with E-state index in [1.54, 1.807) is 25.6 Å². The Hall–Kier alpha value is -3.02. The van der Waals surface area contributed by atoms with E-state index in [1.165, 1.54) is 0 Å². The average Bonchev–Trinajstić information content (AvgIpc) is 3.00. The highest BCUT2D eigenvalue weighted by Gasteiger charge is 2.19. The van der Waals surface area contributed by atoms with Gasteiger partial charge in [0, 0.05) is 30.1 Å². The predicted octanol–water partition coefficient (Wildman–Crippen LogP) is 3.04. The number of aryl methyl sites for hydroxylation is 1. The second kappa shape index (κ2) is 6.62. The molecule has 1 aromatic carbocycles. The third-order valence-electron chi connectivity index (χ3n) is 3.83. The minimum Gasteiger partial charge on any atom is -0.481 e. The van der Waals surface area contributed by atoms with Gasteiger partial charge < -0.3 is 9.67 Å². The predicted molar refractivity (Wildman–Crippen MR) is 90.2 cm³/mol. The molecule has 122 valence electrons. The largest absolute Gasteiger partial charge is 0.481 e. The fourth-order valence-corrected chi connectivity index (χ4v) is 2.52. The molecule has 0 saturated carbocycles. The molecule has 6 heteroatoms. The first-order chi connectivity index (χ1) is 11.6. The van der Waals surface area contributed by atoms with E-state index < -0.39 is 11.9 Å². The number of rotatable bonds is 5. The van der Waals surface area contributed by atoms with Gasteiger partial charge in [-0.25, -0.2) is 15.0 Å². The van der Waals surface area contributed by atoms with Crippen molar-refractivity contribution in [2.24, 2.45) is 5.92 Å². The first-order valence-electron chi connectivity index (χ1n) is 7.68. The lowest BCUT2D eigenvalue weighted by atomic mass is 10.1. The molecule has 0 aliphatic rings. The maximum atomic E-state index is 11.2. The Labute approximate surface area is 139 Å². The van der Waals surface area contributed by atoms with Crippen LogP contribution in [0, 0.1) is 12.8 Å². The zero-order valence-corrected chi connectivity index (χ0v) is 13.5. The number of carboxylic acid groups (broad SMARTS) is 1. The lowest BCUT2D eigenvalue weighted by Gasteiger charge is -2.12. The molecule has 0 aliphatic carbocycles. The van der Waals surface area contributed by atoms with Crippen LogP contribution < -0.4 is 0 Å². The minimum absolute atomic E-state index is 0.332. The smallest absolute Gasteiger partial charge is 0.308 e. The molecule has 0 amide bonds. The number of aromatic nitrogens is 4. The van der Waals surface area contributed by atoms with Gasteiger partial charge in [-0.15, -0.1) is 0 Å². The molecule has 0 spiro atoms. The SMILES string of the molecule is Cc1ncc(-c2c(-c3ccccc3)ncn2C[C@H](C)C(=O)O)cn1. The first-order valence-corrected chi connectivity index (χ1v) is 7.68.